The van der Waals surface area contributed by atoms with Gasteiger partial charge in [0.1, 0.15) is 5.82 Å². The molecular formula is C14H18N2O. The molecule has 0 radical (unpaired) electrons. The third kappa shape index (κ3) is 1.86. The van der Waals surface area contributed by atoms with Crippen LogP contribution >= 0.6 is 0 Å². The van der Waals surface area contributed by atoms with Crippen LogP contribution in [0.4, 0.5) is 0 Å². The summed E-state index contributed by atoms with van der Waals surface area (Å²) in [6.45, 7) is 9.92. The highest BCUT2D eigenvalue weighted by atomic mass is 16.1. The van der Waals surface area contributed by atoms with E-state index in [1.54, 1.807) is 4.57 Å². The van der Waals surface area contributed by atoms with Crippen LogP contribution in [0.5, 0.6) is 0 Å². The standard InChI is InChI=1S/C14H18N2O/c1-9-7-6-8-11-12(9)15-10(2)16(13(11)17)14(3,4)5/h6-8H,1-5H3. The second kappa shape index (κ2) is 3.69. The lowest BCUT2D eigenvalue weighted by molar-refractivity contribution is 0.372. The average molecular weight is 230 g/mol. The van der Waals surface area contributed by atoms with E-state index in [-0.39, 0.29) is 11.1 Å². The number of rotatable bonds is 0. The van der Waals surface area contributed by atoms with Crippen LogP contribution < -0.4 is 5.56 Å². The smallest absolute Gasteiger partial charge is 0.261 e. The lowest BCUT2D eigenvalue weighted by atomic mass is 10.1. The summed E-state index contributed by atoms with van der Waals surface area (Å²) in [6.07, 6.45) is 0. The average Bonchev–Trinajstić information content (AvgIpc) is 2.17. The predicted octanol–water partition coefficient (Wildman–Crippen LogP) is 2.77. The third-order valence-electron chi connectivity index (χ3n) is 2.94. The Bertz CT molecular complexity index is 633. The molecule has 1 aromatic carbocycles. The number of fused-ring (bicyclic) bond motifs is 1. The fourth-order valence-electron chi connectivity index (χ4n) is 2.25. The SMILES string of the molecule is Cc1cccc2c(=O)n(C(C)(C)C)c(C)nc12. The first-order chi connectivity index (χ1) is 7.82. The first-order valence-corrected chi connectivity index (χ1v) is 5.82. The van der Waals surface area contributed by atoms with Crippen molar-refractivity contribution in [2.24, 2.45) is 0 Å². The molecule has 1 heterocycles. The Morgan fingerprint density at radius 3 is 2.41 bits per heavy atom. The van der Waals surface area contributed by atoms with Gasteiger partial charge in [-0.25, -0.2) is 4.98 Å². The molecule has 0 bridgehead atoms. The Labute approximate surface area is 101 Å². The molecule has 0 unspecified atom stereocenters. The third-order valence-corrected chi connectivity index (χ3v) is 2.94. The van der Waals surface area contributed by atoms with Crippen molar-refractivity contribution in [2.75, 3.05) is 0 Å². The zero-order valence-corrected chi connectivity index (χ0v) is 11.0. The molecule has 0 fully saturated rings. The van der Waals surface area contributed by atoms with Crippen LogP contribution in [0, 0.1) is 13.8 Å². The number of aromatic nitrogens is 2. The van der Waals surface area contributed by atoms with Crippen molar-refractivity contribution in [3.63, 3.8) is 0 Å². The zero-order chi connectivity index (χ0) is 12.8. The van der Waals surface area contributed by atoms with E-state index in [0.717, 1.165) is 16.9 Å². The second-order valence-electron chi connectivity index (χ2n) is 5.44. The van der Waals surface area contributed by atoms with Gasteiger partial charge in [-0.2, -0.15) is 0 Å². The summed E-state index contributed by atoms with van der Waals surface area (Å²) in [5, 5.41) is 0.700. The summed E-state index contributed by atoms with van der Waals surface area (Å²) >= 11 is 0. The highest BCUT2D eigenvalue weighted by Crippen LogP contribution is 2.18. The minimum atomic E-state index is -0.244. The molecule has 0 saturated carbocycles. The molecule has 0 aliphatic heterocycles. The van der Waals surface area contributed by atoms with E-state index in [2.05, 4.69) is 4.98 Å². The summed E-state index contributed by atoms with van der Waals surface area (Å²) in [7, 11) is 0. The molecule has 0 aliphatic rings. The van der Waals surface area contributed by atoms with E-state index in [9.17, 15) is 4.79 Å². The molecule has 0 saturated heterocycles. The van der Waals surface area contributed by atoms with E-state index in [4.69, 9.17) is 0 Å². The molecule has 2 aromatic rings. The molecule has 0 atom stereocenters. The Kier molecular flexibility index (Phi) is 2.57. The predicted molar refractivity (Wildman–Crippen MR) is 70.5 cm³/mol. The van der Waals surface area contributed by atoms with Gasteiger partial charge in [-0.1, -0.05) is 12.1 Å². The highest BCUT2D eigenvalue weighted by Gasteiger charge is 2.19. The van der Waals surface area contributed by atoms with Crippen molar-refractivity contribution in [1.82, 2.24) is 9.55 Å². The fourth-order valence-corrected chi connectivity index (χ4v) is 2.25. The lowest BCUT2D eigenvalue weighted by Gasteiger charge is -2.24. The summed E-state index contributed by atoms with van der Waals surface area (Å²) in [6, 6.07) is 5.73. The van der Waals surface area contributed by atoms with Gasteiger partial charge in [0.25, 0.3) is 5.56 Å². The number of hydrogen-bond donors (Lipinski definition) is 0. The molecule has 3 heteroatoms. The topological polar surface area (TPSA) is 34.9 Å². The maximum absolute atomic E-state index is 12.5. The largest absolute Gasteiger partial charge is 0.291 e. The normalized spacial score (nSPS) is 12.1. The maximum atomic E-state index is 12.5. The van der Waals surface area contributed by atoms with E-state index < -0.39 is 0 Å². The van der Waals surface area contributed by atoms with Crippen LogP contribution in [-0.4, -0.2) is 9.55 Å². The van der Waals surface area contributed by atoms with E-state index in [1.807, 2.05) is 52.8 Å². The molecule has 0 spiro atoms. The molecular weight excluding hydrogens is 212 g/mol. The van der Waals surface area contributed by atoms with Crippen molar-refractivity contribution in [1.29, 1.82) is 0 Å². The van der Waals surface area contributed by atoms with Crippen molar-refractivity contribution in [3.8, 4) is 0 Å². The van der Waals surface area contributed by atoms with E-state index in [0.29, 0.717) is 5.39 Å². The zero-order valence-electron chi connectivity index (χ0n) is 11.0. The van der Waals surface area contributed by atoms with Gasteiger partial charge in [-0.3, -0.25) is 9.36 Å². The van der Waals surface area contributed by atoms with Gasteiger partial charge in [0.15, 0.2) is 0 Å². The van der Waals surface area contributed by atoms with Gasteiger partial charge < -0.3 is 0 Å². The van der Waals surface area contributed by atoms with Crippen LogP contribution in [0.1, 0.15) is 32.2 Å². The second-order valence-corrected chi connectivity index (χ2v) is 5.44. The van der Waals surface area contributed by atoms with Gasteiger partial charge in [-0.15, -0.1) is 0 Å². The van der Waals surface area contributed by atoms with Crippen LogP contribution in [0.15, 0.2) is 23.0 Å². The Morgan fingerprint density at radius 2 is 1.82 bits per heavy atom. The molecule has 2 rings (SSSR count). The van der Waals surface area contributed by atoms with Gasteiger partial charge in [-0.05, 0) is 46.2 Å². The number of nitrogens with zero attached hydrogens (tertiary/aromatic N) is 2. The van der Waals surface area contributed by atoms with Crippen LogP contribution in [0.25, 0.3) is 10.9 Å². The van der Waals surface area contributed by atoms with E-state index in [1.165, 1.54) is 0 Å². The lowest BCUT2D eigenvalue weighted by Crippen LogP contribution is -2.36. The van der Waals surface area contributed by atoms with Gasteiger partial charge in [0.05, 0.1) is 10.9 Å². The number of hydrogen-bond acceptors (Lipinski definition) is 2. The number of benzene rings is 1. The fraction of sp³-hybridized carbons (Fsp3) is 0.429. The van der Waals surface area contributed by atoms with Gasteiger partial charge in [0.2, 0.25) is 0 Å². The Morgan fingerprint density at radius 1 is 1.18 bits per heavy atom. The molecule has 1 aromatic heterocycles. The summed E-state index contributed by atoms with van der Waals surface area (Å²) < 4.78 is 1.76. The molecule has 90 valence electrons. The van der Waals surface area contributed by atoms with Gasteiger partial charge >= 0.3 is 0 Å². The molecule has 3 nitrogen and oxygen atoms in total. The van der Waals surface area contributed by atoms with E-state index >= 15 is 0 Å². The highest BCUT2D eigenvalue weighted by molar-refractivity contribution is 5.80. The maximum Gasteiger partial charge on any atom is 0.261 e. The minimum Gasteiger partial charge on any atom is -0.291 e. The molecule has 17 heavy (non-hydrogen) atoms. The van der Waals surface area contributed by atoms with Crippen LogP contribution in [-0.2, 0) is 5.54 Å². The Balaban J connectivity index is 2.97. The van der Waals surface area contributed by atoms with Gasteiger partial charge in [0, 0.05) is 5.54 Å². The minimum absolute atomic E-state index is 0.0451. The van der Waals surface area contributed by atoms with Crippen molar-refractivity contribution >= 4 is 10.9 Å². The molecule has 0 aliphatic carbocycles. The first kappa shape index (κ1) is 11.8. The summed E-state index contributed by atoms with van der Waals surface area (Å²) in [5.41, 5.74) is 1.66. The van der Waals surface area contributed by atoms with Crippen molar-refractivity contribution < 1.29 is 0 Å². The van der Waals surface area contributed by atoms with Crippen molar-refractivity contribution in [3.05, 3.63) is 39.9 Å². The number of para-hydroxylation sites is 1. The number of aryl methyl sites for hydroxylation is 2. The monoisotopic (exact) mass is 230 g/mol. The van der Waals surface area contributed by atoms with Crippen molar-refractivity contribution in [2.45, 2.75) is 40.2 Å². The molecule has 0 amide bonds. The van der Waals surface area contributed by atoms with Crippen LogP contribution in [0.2, 0.25) is 0 Å². The summed E-state index contributed by atoms with van der Waals surface area (Å²) in [4.78, 5) is 17.0. The van der Waals surface area contributed by atoms with Crippen LogP contribution in [0.3, 0.4) is 0 Å². The summed E-state index contributed by atoms with van der Waals surface area (Å²) in [5.74, 6) is 0.768. The molecule has 0 N–H and O–H groups in total. The quantitative estimate of drug-likeness (QED) is 0.697. The Hall–Kier alpha value is -1.64. The first-order valence-electron chi connectivity index (χ1n) is 5.82.